The lowest BCUT2D eigenvalue weighted by Gasteiger charge is -2.27. The summed E-state index contributed by atoms with van der Waals surface area (Å²) >= 11 is 3.91. The van der Waals surface area contributed by atoms with E-state index in [0.717, 1.165) is 30.6 Å². The maximum atomic E-state index is 5.89. The van der Waals surface area contributed by atoms with Crippen LogP contribution in [0.25, 0.3) is 0 Å². The molecule has 1 aromatic rings. The fraction of sp³-hybridized carbons (Fsp3) is 0.647. The van der Waals surface area contributed by atoms with E-state index in [1.165, 1.54) is 37.7 Å². The lowest BCUT2D eigenvalue weighted by atomic mass is 9.85. The zero-order valence-electron chi connectivity index (χ0n) is 12.1. The van der Waals surface area contributed by atoms with E-state index >= 15 is 0 Å². The van der Waals surface area contributed by atoms with Crippen molar-refractivity contribution in [3.63, 3.8) is 0 Å². The Morgan fingerprint density at radius 1 is 1.05 bits per heavy atom. The highest BCUT2D eigenvalue weighted by molar-refractivity contribution is 9.09. The average Bonchev–Trinajstić information content (AvgIpc) is 2.69. The fourth-order valence-electron chi connectivity index (χ4n) is 3.14. The molecule has 110 valence electrons. The molecule has 0 amide bonds. The molecule has 1 aliphatic carbocycles. The molecule has 1 saturated carbocycles. The third-order valence-electron chi connectivity index (χ3n) is 4.40. The molecule has 3 heteroatoms. The predicted octanol–water partition coefficient (Wildman–Crippen LogP) is 5.11. The highest BCUT2D eigenvalue weighted by Crippen LogP contribution is 2.42. The van der Waals surface area contributed by atoms with E-state index in [1.807, 2.05) is 0 Å². The number of hydrogen-bond acceptors (Lipinski definition) is 2. The molecule has 2 unspecified atom stereocenters. The van der Waals surface area contributed by atoms with Gasteiger partial charge in [0.15, 0.2) is 11.5 Å². The Morgan fingerprint density at radius 3 is 2.50 bits per heavy atom. The zero-order chi connectivity index (χ0) is 13.9. The van der Waals surface area contributed by atoms with Crippen LogP contribution >= 0.6 is 15.9 Å². The molecule has 0 saturated heterocycles. The smallest absolute Gasteiger partial charge is 0.161 e. The molecule has 2 atom stereocenters. The van der Waals surface area contributed by atoms with Crippen LogP contribution in [-0.2, 0) is 0 Å². The Bertz CT molecular complexity index is 454. The molecular formula is C17H23BrO2. The van der Waals surface area contributed by atoms with E-state index < -0.39 is 0 Å². The van der Waals surface area contributed by atoms with E-state index in [0.29, 0.717) is 10.7 Å². The Kier molecular flexibility index (Phi) is 4.54. The largest absolute Gasteiger partial charge is 0.489 e. The molecule has 0 radical (unpaired) electrons. The monoisotopic (exact) mass is 338 g/mol. The van der Waals surface area contributed by atoms with E-state index in [2.05, 4.69) is 41.1 Å². The van der Waals surface area contributed by atoms with Crippen LogP contribution in [0.1, 0.15) is 49.4 Å². The SMILES string of the molecule is CC1COc2ccc(C(Br)C3CCCCC3)cc2OC1. The Hall–Kier alpha value is -0.700. The zero-order valence-corrected chi connectivity index (χ0v) is 13.7. The number of benzene rings is 1. The fourth-order valence-corrected chi connectivity index (χ4v) is 3.95. The number of alkyl halides is 1. The van der Waals surface area contributed by atoms with Crippen LogP contribution < -0.4 is 9.47 Å². The lowest BCUT2D eigenvalue weighted by molar-refractivity contribution is 0.228. The van der Waals surface area contributed by atoms with Gasteiger partial charge in [-0.2, -0.15) is 0 Å². The molecule has 0 N–H and O–H groups in total. The minimum Gasteiger partial charge on any atom is -0.489 e. The number of fused-ring (bicyclic) bond motifs is 1. The van der Waals surface area contributed by atoms with Crippen molar-refractivity contribution in [3.05, 3.63) is 23.8 Å². The Labute approximate surface area is 130 Å². The van der Waals surface area contributed by atoms with Crippen LogP contribution in [0, 0.1) is 11.8 Å². The first-order chi connectivity index (χ1) is 9.74. The second-order valence-electron chi connectivity index (χ2n) is 6.23. The van der Waals surface area contributed by atoms with Crippen LogP contribution in [0.5, 0.6) is 11.5 Å². The van der Waals surface area contributed by atoms with Gasteiger partial charge in [0.2, 0.25) is 0 Å². The van der Waals surface area contributed by atoms with Crippen molar-refractivity contribution in [1.82, 2.24) is 0 Å². The minimum atomic E-state index is 0.442. The number of hydrogen-bond donors (Lipinski definition) is 0. The summed E-state index contributed by atoms with van der Waals surface area (Å²) in [7, 11) is 0. The molecule has 2 aliphatic rings. The number of halogens is 1. The quantitative estimate of drug-likeness (QED) is 0.697. The van der Waals surface area contributed by atoms with Crippen LogP contribution in [-0.4, -0.2) is 13.2 Å². The predicted molar refractivity (Wildman–Crippen MR) is 84.8 cm³/mol. The second kappa shape index (κ2) is 6.38. The van der Waals surface area contributed by atoms with Gasteiger partial charge in [-0.05, 0) is 36.5 Å². The van der Waals surface area contributed by atoms with Gasteiger partial charge in [0.1, 0.15) is 0 Å². The molecule has 0 aromatic heterocycles. The molecule has 1 aromatic carbocycles. The maximum absolute atomic E-state index is 5.89. The summed E-state index contributed by atoms with van der Waals surface area (Å²) in [6, 6.07) is 6.42. The number of ether oxygens (including phenoxy) is 2. The van der Waals surface area contributed by atoms with Crippen molar-refractivity contribution in [2.75, 3.05) is 13.2 Å². The normalized spacial score (nSPS) is 25.0. The standard InChI is InChI=1S/C17H23BrO2/c1-12-10-19-15-8-7-14(9-16(15)20-11-12)17(18)13-5-3-2-4-6-13/h7-9,12-13,17H,2-6,10-11H2,1H3. The summed E-state index contributed by atoms with van der Waals surface area (Å²) in [5.74, 6) is 3.00. The average molecular weight is 339 g/mol. The third-order valence-corrected chi connectivity index (χ3v) is 5.67. The second-order valence-corrected chi connectivity index (χ2v) is 7.22. The van der Waals surface area contributed by atoms with Gasteiger partial charge in [-0.1, -0.05) is 48.2 Å². The molecule has 1 aliphatic heterocycles. The molecule has 0 bridgehead atoms. The highest BCUT2D eigenvalue weighted by Gasteiger charge is 2.24. The van der Waals surface area contributed by atoms with Gasteiger partial charge in [-0.25, -0.2) is 0 Å². The lowest BCUT2D eigenvalue weighted by Crippen LogP contribution is -2.12. The van der Waals surface area contributed by atoms with Crippen LogP contribution in [0.4, 0.5) is 0 Å². The molecule has 1 fully saturated rings. The first-order valence-corrected chi connectivity index (χ1v) is 8.69. The van der Waals surface area contributed by atoms with Crippen molar-refractivity contribution in [2.24, 2.45) is 11.8 Å². The van der Waals surface area contributed by atoms with Gasteiger partial charge >= 0.3 is 0 Å². The van der Waals surface area contributed by atoms with E-state index in [1.54, 1.807) is 0 Å². The third kappa shape index (κ3) is 3.13. The van der Waals surface area contributed by atoms with Gasteiger partial charge in [-0.15, -0.1) is 0 Å². The van der Waals surface area contributed by atoms with E-state index in [4.69, 9.17) is 9.47 Å². The van der Waals surface area contributed by atoms with Crippen LogP contribution in [0.15, 0.2) is 18.2 Å². The highest BCUT2D eigenvalue weighted by atomic mass is 79.9. The summed E-state index contributed by atoms with van der Waals surface area (Å²) in [5, 5.41) is 0. The summed E-state index contributed by atoms with van der Waals surface area (Å²) in [5.41, 5.74) is 1.33. The van der Waals surface area contributed by atoms with E-state index in [-0.39, 0.29) is 0 Å². The molecule has 0 spiro atoms. The summed E-state index contributed by atoms with van der Waals surface area (Å²) in [6.45, 7) is 3.64. The van der Waals surface area contributed by atoms with Gasteiger partial charge in [0.05, 0.1) is 13.2 Å². The Balaban J connectivity index is 1.77. The molecule has 3 rings (SSSR count). The first-order valence-electron chi connectivity index (χ1n) is 7.77. The first kappa shape index (κ1) is 14.2. The maximum Gasteiger partial charge on any atom is 0.161 e. The van der Waals surface area contributed by atoms with Crippen molar-refractivity contribution in [3.8, 4) is 11.5 Å². The number of rotatable bonds is 2. The van der Waals surface area contributed by atoms with Crippen molar-refractivity contribution < 1.29 is 9.47 Å². The topological polar surface area (TPSA) is 18.5 Å². The van der Waals surface area contributed by atoms with Crippen molar-refractivity contribution in [2.45, 2.75) is 43.9 Å². The molecule has 20 heavy (non-hydrogen) atoms. The van der Waals surface area contributed by atoms with Gasteiger partial charge in [0.25, 0.3) is 0 Å². The Morgan fingerprint density at radius 2 is 1.75 bits per heavy atom. The molecule has 2 nitrogen and oxygen atoms in total. The summed E-state index contributed by atoms with van der Waals surface area (Å²) in [4.78, 5) is 0.442. The van der Waals surface area contributed by atoms with Crippen molar-refractivity contribution in [1.29, 1.82) is 0 Å². The van der Waals surface area contributed by atoms with E-state index in [9.17, 15) is 0 Å². The molecule has 1 heterocycles. The van der Waals surface area contributed by atoms with Crippen LogP contribution in [0.3, 0.4) is 0 Å². The van der Waals surface area contributed by atoms with Crippen LogP contribution in [0.2, 0.25) is 0 Å². The van der Waals surface area contributed by atoms with Gasteiger partial charge < -0.3 is 9.47 Å². The van der Waals surface area contributed by atoms with Gasteiger partial charge in [-0.3, -0.25) is 0 Å². The van der Waals surface area contributed by atoms with Crippen molar-refractivity contribution >= 4 is 15.9 Å². The minimum absolute atomic E-state index is 0.442. The summed E-state index contributed by atoms with van der Waals surface area (Å²) in [6.07, 6.45) is 6.81. The summed E-state index contributed by atoms with van der Waals surface area (Å²) < 4.78 is 11.7. The molecular weight excluding hydrogens is 316 g/mol. The van der Waals surface area contributed by atoms with Gasteiger partial charge in [0, 0.05) is 10.7 Å².